The second-order valence-corrected chi connectivity index (χ2v) is 9.10. The minimum absolute atomic E-state index is 0.0986. The first-order chi connectivity index (χ1) is 16.3. The van der Waals surface area contributed by atoms with E-state index >= 15 is 0 Å². The number of carbonyl (C=O) groups excluding carboxylic acids is 1. The van der Waals surface area contributed by atoms with Crippen LogP contribution in [0.4, 0.5) is 0 Å². The standard InChI is InChI=1S/C25H23NO7S/c1-30-17-10-11-19-20(24(27)16-12-22(31-2)25(33-4)23(13-16)32-3)15-26(21(19)14-17)34(28,29)18-8-6-5-7-9-18/h5-15H,1-4H3. The van der Waals surface area contributed by atoms with Crippen LogP contribution in [0.15, 0.2) is 71.8 Å². The molecular weight excluding hydrogens is 458 g/mol. The molecule has 1 heterocycles. The molecule has 0 aliphatic carbocycles. The molecule has 1 aromatic heterocycles. The summed E-state index contributed by atoms with van der Waals surface area (Å²) in [6.45, 7) is 0. The van der Waals surface area contributed by atoms with Gasteiger partial charge in [-0.2, -0.15) is 0 Å². The molecule has 34 heavy (non-hydrogen) atoms. The molecule has 0 aliphatic rings. The van der Waals surface area contributed by atoms with Crippen LogP contribution in [0.2, 0.25) is 0 Å². The van der Waals surface area contributed by atoms with Crippen LogP contribution in [0.1, 0.15) is 15.9 Å². The smallest absolute Gasteiger partial charge is 0.268 e. The van der Waals surface area contributed by atoms with Gasteiger partial charge in [0.05, 0.1) is 38.9 Å². The molecule has 0 atom stereocenters. The van der Waals surface area contributed by atoms with Gasteiger partial charge in [0.25, 0.3) is 10.0 Å². The number of benzene rings is 3. The number of ether oxygens (including phenoxy) is 4. The Morgan fingerprint density at radius 3 is 2.00 bits per heavy atom. The quantitative estimate of drug-likeness (QED) is 0.349. The molecule has 0 saturated heterocycles. The molecule has 0 unspecified atom stereocenters. The van der Waals surface area contributed by atoms with E-state index in [0.717, 1.165) is 3.97 Å². The van der Waals surface area contributed by atoms with Gasteiger partial charge in [-0.1, -0.05) is 18.2 Å². The highest BCUT2D eigenvalue weighted by Gasteiger charge is 2.26. The molecule has 8 nitrogen and oxygen atoms in total. The van der Waals surface area contributed by atoms with Crippen molar-refractivity contribution in [2.75, 3.05) is 28.4 Å². The highest BCUT2D eigenvalue weighted by atomic mass is 32.2. The largest absolute Gasteiger partial charge is 0.497 e. The van der Waals surface area contributed by atoms with E-state index in [-0.39, 0.29) is 16.0 Å². The molecule has 0 saturated carbocycles. The van der Waals surface area contributed by atoms with Crippen molar-refractivity contribution in [3.05, 3.63) is 78.0 Å². The van der Waals surface area contributed by atoms with Gasteiger partial charge < -0.3 is 18.9 Å². The summed E-state index contributed by atoms with van der Waals surface area (Å²) in [7, 11) is 1.88. The Morgan fingerprint density at radius 1 is 0.794 bits per heavy atom. The van der Waals surface area contributed by atoms with E-state index in [1.807, 2.05) is 0 Å². The monoisotopic (exact) mass is 481 g/mol. The number of fused-ring (bicyclic) bond motifs is 1. The first-order valence-corrected chi connectivity index (χ1v) is 11.6. The summed E-state index contributed by atoms with van der Waals surface area (Å²) >= 11 is 0. The fourth-order valence-electron chi connectivity index (χ4n) is 3.76. The molecule has 4 aromatic rings. The predicted octanol–water partition coefficient (Wildman–Crippen LogP) is 4.14. The van der Waals surface area contributed by atoms with Crippen molar-refractivity contribution in [3.8, 4) is 23.0 Å². The van der Waals surface area contributed by atoms with Crippen molar-refractivity contribution in [3.63, 3.8) is 0 Å². The van der Waals surface area contributed by atoms with Crippen molar-refractivity contribution in [1.29, 1.82) is 0 Å². The molecular formula is C25H23NO7S. The van der Waals surface area contributed by atoms with Gasteiger partial charge in [-0.05, 0) is 36.4 Å². The second kappa shape index (κ2) is 9.11. The normalized spacial score (nSPS) is 11.3. The lowest BCUT2D eigenvalue weighted by Crippen LogP contribution is -2.12. The van der Waals surface area contributed by atoms with E-state index in [1.165, 1.54) is 58.9 Å². The lowest BCUT2D eigenvalue weighted by atomic mass is 10.0. The third kappa shape index (κ3) is 3.84. The van der Waals surface area contributed by atoms with E-state index in [4.69, 9.17) is 18.9 Å². The van der Waals surface area contributed by atoms with Crippen LogP contribution in [0.25, 0.3) is 10.9 Å². The minimum Gasteiger partial charge on any atom is -0.497 e. The van der Waals surface area contributed by atoms with Crippen LogP contribution in [-0.2, 0) is 10.0 Å². The molecule has 9 heteroatoms. The van der Waals surface area contributed by atoms with Crippen molar-refractivity contribution in [1.82, 2.24) is 3.97 Å². The third-order valence-corrected chi connectivity index (χ3v) is 7.14. The van der Waals surface area contributed by atoms with Crippen LogP contribution in [0.5, 0.6) is 23.0 Å². The van der Waals surface area contributed by atoms with Crippen molar-refractivity contribution >= 4 is 26.7 Å². The van der Waals surface area contributed by atoms with Gasteiger partial charge in [-0.25, -0.2) is 12.4 Å². The maximum absolute atomic E-state index is 13.6. The number of hydrogen-bond donors (Lipinski definition) is 0. The summed E-state index contributed by atoms with van der Waals surface area (Å²) in [5.41, 5.74) is 0.770. The van der Waals surface area contributed by atoms with Crippen molar-refractivity contribution in [2.24, 2.45) is 0 Å². The van der Waals surface area contributed by atoms with Gasteiger partial charge in [0.1, 0.15) is 5.75 Å². The molecule has 176 valence electrons. The summed E-state index contributed by atoms with van der Waals surface area (Å²) in [4.78, 5) is 13.7. The average Bonchev–Trinajstić information content (AvgIpc) is 3.27. The number of hydrogen-bond acceptors (Lipinski definition) is 7. The number of carbonyl (C=O) groups is 1. The predicted molar refractivity (Wildman–Crippen MR) is 127 cm³/mol. The highest BCUT2D eigenvalue weighted by Crippen LogP contribution is 2.39. The fourth-order valence-corrected chi connectivity index (χ4v) is 5.14. The van der Waals surface area contributed by atoms with Crippen LogP contribution >= 0.6 is 0 Å². The molecule has 0 bridgehead atoms. The maximum Gasteiger partial charge on any atom is 0.268 e. The lowest BCUT2D eigenvalue weighted by molar-refractivity contribution is 0.103. The second-order valence-electron chi connectivity index (χ2n) is 7.28. The minimum atomic E-state index is -3.98. The zero-order chi connectivity index (χ0) is 24.5. The molecule has 0 spiro atoms. The summed E-state index contributed by atoms with van der Waals surface area (Å²) in [5, 5.41) is 0.457. The van der Waals surface area contributed by atoms with E-state index in [0.29, 0.717) is 33.9 Å². The van der Waals surface area contributed by atoms with E-state index in [2.05, 4.69) is 0 Å². The first kappa shape index (κ1) is 23.2. The van der Waals surface area contributed by atoms with Crippen LogP contribution < -0.4 is 18.9 Å². The Hall–Kier alpha value is -3.98. The molecule has 0 aliphatic heterocycles. The van der Waals surface area contributed by atoms with Crippen molar-refractivity contribution < 1.29 is 32.2 Å². The highest BCUT2D eigenvalue weighted by molar-refractivity contribution is 7.90. The molecule has 0 amide bonds. The number of methoxy groups -OCH3 is 4. The number of rotatable bonds is 8. The number of ketones is 1. The van der Waals surface area contributed by atoms with Gasteiger partial charge in [0, 0.05) is 28.8 Å². The van der Waals surface area contributed by atoms with Crippen molar-refractivity contribution in [2.45, 2.75) is 4.90 Å². The Morgan fingerprint density at radius 2 is 1.44 bits per heavy atom. The van der Waals surface area contributed by atoms with E-state index in [9.17, 15) is 13.2 Å². The van der Waals surface area contributed by atoms with E-state index in [1.54, 1.807) is 36.4 Å². The summed E-state index contributed by atoms with van der Waals surface area (Å²) in [6.07, 6.45) is 1.33. The Balaban J connectivity index is 1.95. The Kier molecular flexibility index (Phi) is 6.21. The van der Waals surface area contributed by atoms with Crippen LogP contribution in [-0.4, -0.2) is 46.6 Å². The molecule has 4 rings (SSSR count). The SMILES string of the molecule is COc1ccc2c(C(=O)c3cc(OC)c(OC)c(OC)c3)cn(S(=O)(=O)c3ccccc3)c2c1. The number of aromatic nitrogens is 1. The summed E-state index contributed by atoms with van der Waals surface area (Å²) < 4.78 is 49.4. The fraction of sp³-hybridized carbons (Fsp3) is 0.160. The van der Waals surface area contributed by atoms with Gasteiger partial charge in [0.2, 0.25) is 5.75 Å². The van der Waals surface area contributed by atoms with Crippen LogP contribution in [0.3, 0.4) is 0 Å². The first-order valence-electron chi connectivity index (χ1n) is 10.2. The topological polar surface area (TPSA) is 93.1 Å². The van der Waals surface area contributed by atoms with E-state index < -0.39 is 15.8 Å². The average molecular weight is 482 g/mol. The van der Waals surface area contributed by atoms with Crippen LogP contribution in [0, 0.1) is 0 Å². The van der Waals surface area contributed by atoms with Gasteiger partial charge in [-0.3, -0.25) is 4.79 Å². The van der Waals surface area contributed by atoms with Gasteiger partial charge >= 0.3 is 0 Å². The molecule has 0 fully saturated rings. The summed E-state index contributed by atoms with van der Waals surface area (Å²) in [5.74, 6) is 1.03. The Labute approximate surface area is 197 Å². The molecule has 0 radical (unpaired) electrons. The summed E-state index contributed by atoms with van der Waals surface area (Å²) in [6, 6.07) is 16.0. The lowest BCUT2D eigenvalue weighted by Gasteiger charge is -2.13. The van der Waals surface area contributed by atoms with Gasteiger partial charge in [0.15, 0.2) is 17.3 Å². The number of nitrogens with zero attached hydrogens (tertiary/aromatic N) is 1. The molecule has 0 N–H and O–H groups in total. The third-order valence-electron chi connectivity index (χ3n) is 5.45. The van der Waals surface area contributed by atoms with Gasteiger partial charge in [-0.15, -0.1) is 0 Å². The zero-order valence-electron chi connectivity index (χ0n) is 19.1. The zero-order valence-corrected chi connectivity index (χ0v) is 19.9. The maximum atomic E-state index is 13.6. The Bertz CT molecular complexity index is 1450. The molecule has 3 aromatic carbocycles.